The molecule has 1 aromatic carbocycles. The Bertz CT molecular complexity index is 571. The van der Waals surface area contributed by atoms with Crippen LogP contribution in [-0.2, 0) is 6.54 Å². The molecule has 1 saturated carbocycles. The van der Waals surface area contributed by atoms with Crippen molar-refractivity contribution >= 4 is 48.9 Å². The van der Waals surface area contributed by atoms with Crippen LogP contribution < -0.4 is 10.1 Å². The molecule has 0 radical (unpaired) electrons. The van der Waals surface area contributed by atoms with Crippen molar-refractivity contribution in [2.24, 2.45) is 0 Å². The third-order valence-electron chi connectivity index (χ3n) is 3.62. The average molecular weight is 431 g/mol. The van der Waals surface area contributed by atoms with E-state index >= 15 is 0 Å². The van der Waals surface area contributed by atoms with Crippen LogP contribution in [0.15, 0.2) is 38.6 Å². The van der Waals surface area contributed by atoms with E-state index in [2.05, 4.69) is 67.5 Å². The van der Waals surface area contributed by atoms with Gasteiger partial charge in [-0.3, -0.25) is 0 Å². The maximum absolute atomic E-state index is 5.97. The first kappa shape index (κ1) is 15.4. The Morgan fingerprint density at radius 3 is 2.48 bits per heavy atom. The number of nitrogens with one attached hydrogen (secondary N) is 1. The Balaban J connectivity index is 1.54. The largest absolute Gasteiger partial charge is 0.490 e. The summed E-state index contributed by atoms with van der Waals surface area (Å²) in [4.78, 5) is 1.29. The van der Waals surface area contributed by atoms with Crippen LogP contribution in [-0.4, -0.2) is 6.10 Å². The third-order valence-corrected chi connectivity index (χ3v) is 6.88. The highest BCUT2D eigenvalue weighted by molar-refractivity contribution is 9.13. The van der Waals surface area contributed by atoms with Crippen LogP contribution in [0, 0.1) is 0 Å². The van der Waals surface area contributed by atoms with Crippen LogP contribution in [0.2, 0.25) is 0 Å². The summed E-state index contributed by atoms with van der Waals surface area (Å²) in [5.41, 5.74) is 1.12. The Morgan fingerprint density at radius 1 is 1.14 bits per heavy atom. The second-order valence-electron chi connectivity index (χ2n) is 5.24. The zero-order chi connectivity index (χ0) is 14.7. The zero-order valence-corrected chi connectivity index (χ0v) is 15.6. The van der Waals surface area contributed by atoms with Gasteiger partial charge >= 0.3 is 0 Å². The van der Waals surface area contributed by atoms with Crippen LogP contribution in [0.5, 0.6) is 5.75 Å². The predicted octanol–water partition coefficient (Wildman–Crippen LogP) is 6.21. The van der Waals surface area contributed by atoms with Gasteiger partial charge in [-0.15, -0.1) is 11.3 Å². The topological polar surface area (TPSA) is 21.3 Å². The van der Waals surface area contributed by atoms with E-state index in [-0.39, 0.29) is 0 Å². The number of rotatable bonds is 5. The number of hydrogen-bond donors (Lipinski definition) is 1. The van der Waals surface area contributed by atoms with Gasteiger partial charge in [-0.2, -0.15) is 0 Å². The second-order valence-corrected chi connectivity index (χ2v) is 8.55. The highest BCUT2D eigenvalue weighted by Gasteiger charge is 2.16. The lowest BCUT2D eigenvalue weighted by Gasteiger charge is -2.13. The molecule has 1 N–H and O–H groups in total. The molecule has 3 rings (SSSR count). The molecule has 0 atom stereocenters. The molecule has 2 nitrogen and oxygen atoms in total. The van der Waals surface area contributed by atoms with Crippen LogP contribution in [0.4, 0.5) is 5.69 Å². The molecule has 1 aromatic heterocycles. The van der Waals surface area contributed by atoms with Crippen molar-refractivity contribution in [2.75, 3.05) is 5.32 Å². The third kappa shape index (κ3) is 4.24. The number of halogens is 2. The summed E-state index contributed by atoms with van der Waals surface area (Å²) >= 11 is 8.77. The van der Waals surface area contributed by atoms with Gasteiger partial charge in [-0.1, -0.05) is 0 Å². The molecule has 0 aliphatic heterocycles. The van der Waals surface area contributed by atoms with Crippen molar-refractivity contribution in [1.29, 1.82) is 0 Å². The summed E-state index contributed by atoms with van der Waals surface area (Å²) in [7, 11) is 0. The first-order chi connectivity index (χ1) is 10.2. The molecule has 1 aliphatic rings. The fourth-order valence-electron chi connectivity index (χ4n) is 2.52. The number of thiophene rings is 1. The quantitative estimate of drug-likeness (QED) is 0.608. The van der Waals surface area contributed by atoms with Crippen LogP contribution >= 0.6 is 43.2 Å². The Hall–Kier alpha value is -0.520. The van der Waals surface area contributed by atoms with Gasteiger partial charge in [0.1, 0.15) is 5.75 Å². The summed E-state index contributed by atoms with van der Waals surface area (Å²) in [6.45, 7) is 0.831. The summed E-state index contributed by atoms with van der Waals surface area (Å²) in [6.07, 6.45) is 5.42. The fourth-order valence-corrected chi connectivity index (χ4v) is 4.63. The van der Waals surface area contributed by atoms with Crippen LogP contribution in [0.1, 0.15) is 30.6 Å². The SMILES string of the molecule is Brc1cc(CNc2ccc(OC3CCCC3)cc2)sc1Br. The second kappa shape index (κ2) is 7.16. The Labute approximate surface area is 146 Å². The fraction of sp³-hybridized carbons (Fsp3) is 0.375. The number of hydrogen-bond acceptors (Lipinski definition) is 3. The molecule has 5 heteroatoms. The normalized spacial score (nSPS) is 15.3. The van der Waals surface area contributed by atoms with E-state index in [9.17, 15) is 0 Å². The van der Waals surface area contributed by atoms with Crippen LogP contribution in [0.3, 0.4) is 0 Å². The summed E-state index contributed by atoms with van der Waals surface area (Å²) < 4.78 is 8.23. The summed E-state index contributed by atoms with van der Waals surface area (Å²) in [5, 5.41) is 3.44. The van der Waals surface area contributed by atoms with E-state index in [4.69, 9.17) is 4.74 Å². The van der Waals surface area contributed by atoms with Crippen molar-refractivity contribution in [2.45, 2.75) is 38.3 Å². The lowest BCUT2D eigenvalue weighted by molar-refractivity contribution is 0.210. The molecule has 1 heterocycles. The highest BCUT2D eigenvalue weighted by Crippen LogP contribution is 2.32. The first-order valence-corrected chi connectivity index (χ1v) is 9.55. The molecule has 2 aromatic rings. The maximum Gasteiger partial charge on any atom is 0.119 e. The van der Waals surface area contributed by atoms with E-state index < -0.39 is 0 Å². The van der Waals surface area contributed by atoms with Crippen molar-refractivity contribution in [3.63, 3.8) is 0 Å². The number of benzene rings is 1. The molecule has 0 unspecified atom stereocenters. The zero-order valence-electron chi connectivity index (χ0n) is 11.6. The average Bonchev–Trinajstić information content (AvgIpc) is 3.09. The minimum absolute atomic E-state index is 0.421. The molecule has 0 bridgehead atoms. The number of anilines is 1. The van der Waals surface area contributed by atoms with E-state index in [1.165, 1.54) is 30.6 Å². The molecule has 112 valence electrons. The van der Waals surface area contributed by atoms with Crippen molar-refractivity contribution in [3.8, 4) is 5.75 Å². The van der Waals surface area contributed by atoms with Gasteiger partial charge in [0.2, 0.25) is 0 Å². The maximum atomic E-state index is 5.97. The van der Waals surface area contributed by atoms with Gasteiger partial charge in [0.05, 0.1) is 9.89 Å². The van der Waals surface area contributed by atoms with E-state index in [0.29, 0.717) is 6.10 Å². The smallest absolute Gasteiger partial charge is 0.119 e. The molecular weight excluding hydrogens is 414 g/mol. The molecular formula is C16H17Br2NOS. The minimum Gasteiger partial charge on any atom is -0.490 e. The van der Waals surface area contributed by atoms with Gasteiger partial charge in [0.15, 0.2) is 0 Å². The van der Waals surface area contributed by atoms with Gasteiger partial charge in [-0.25, -0.2) is 0 Å². The molecule has 21 heavy (non-hydrogen) atoms. The standard InChI is InChI=1S/C16H17Br2NOS/c17-15-9-14(21-16(15)18)10-19-11-5-7-13(8-6-11)20-12-3-1-2-4-12/h5-9,12,19H,1-4,10H2. The Kier molecular flexibility index (Phi) is 5.24. The summed E-state index contributed by atoms with van der Waals surface area (Å²) in [5.74, 6) is 0.981. The van der Waals surface area contributed by atoms with Gasteiger partial charge in [0.25, 0.3) is 0 Å². The summed E-state index contributed by atoms with van der Waals surface area (Å²) in [6, 6.07) is 10.4. The molecule has 0 saturated heterocycles. The Morgan fingerprint density at radius 2 is 1.86 bits per heavy atom. The molecule has 0 spiro atoms. The first-order valence-electron chi connectivity index (χ1n) is 7.15. The van der Waals surface area contributed by atoms with E-state index in [1.807, 2.05) is 0 Å². The van der Waals surface area contributed by atoms with Gasteiger partial charge < -0.3 is 10.1 Å². The van der Waals surface area contributed by atoms with Crippen LogP contribution in [0.25, 0.3) is 0 Å². The predicted molar refractivity (Wildman–Crippen MR) is 96.4 cm³/mol. The monoisotopic (exact) mass is 429 g/mol. The molecule has 0 amide bonds. The molecule has 1 aliphatic carbocycles. The van der Waals surface area contributed by atoms with E-state index in [1.54, 1.807) is 11.3 Å². The van der Waals surface area contributed by atoms with Crippen molar-refractivity contribution in [3.05, 3.63) is 43.5 Å². The minimum atomic E-state index is 0.421. The number of ether oxygens (including phenoxy) is 1. The lowest BCUT2D eigenvalue weighted by atomic mass is 10.2. The van der Waals surface area contributed by atoms with E-state index in [0.717, 1.165) is 26.2 Å². The van der Waals surface area contributed by atoms with Crippen molar-refractivity contribution < 1.29 is 4.74 Å². The highest BCUT2D eigenvalue weighted by atomic mass is 79.9. The lowest BCUT2D eigenvalue weighted by Crippen LogP contribution is -2.10. The van der Waals surface area contributed by atoms with Gasteiger partial charge in [0, 0.05) is 21.6 Å². The van der Waals surface area contributed by atoms with Gasteiger partial charge in [-0.05, 0) is 87.9 Å². The van der Waals surface area contributed by atoms with Crippen molar-refractivity contribution in [1.82, 2.24) is 0 Å². The molecule has 1 fully saturated rings.